The fourth-order valence-electron chi connectivity index (χ4n) is 1.69. The summed E-state index contributed by atoms with van der Waals surface area (Å²) in [4.78, 5) is 7.74. The van der Waals surface area contributed by atoms with Gasteiger partial charge in [0, 0.05) is 25.2 Å². The molecule has 120 valence electrons. The summed E-state index contributed by atoms with van der Waals surface area (Å²) in [6, 6.07) is 3.41. The van der Waals surface area contributed by atoms with E-state index in [0.717, 1.165) is 0 Å². The van der Waals surface area contributed by atoms with Crippen molar-refractivity contribution in [3.8, 4) is 30.0 Å². The van der Waals surface area contributed by atoms with Crippen LogP contribution in [0, 0.1) is 39.9 Å². The third-order valence-electron chi connectivity index (χ3n) is 2.90. The van der Waals surface area contributed by atoms with Gasteiger partial charge in [-0.3, -0.25) is 0 Å². The second-order valence-corrected chi connectivity index (χ2v) is 4.69. The Hall–Kier alpha value is -2.79. The van der Waals surface area contributed by atoms with E-state index in [1.165, 1.54) is 12.4 Å². The zero-order valence-electron chi connectivity index (χ0n) is 12.3. The highest BCUT2D eigenvalue weighted by atomic mass is 19.4. The Morgan fingerprint density at radius 2 is 1.74 bits per heavy atom. The van der Waals surface area contributed by atoms with Crippen LogP contribution in [0.2, 0.25) is 0 Å². The molecule has 0 bridgehead atoms. The summed E-state index contributed by atoms with van der Waals surface area (Å²) in [6.45, 7) is 1.76. The Kier molecular flexibility index (Phi) is 6.35. The van der Waals surface area contributed by atoms with E-state index in [4.69, 9.17) is 15.3 Å². The number of ether oxygens (including phenoxy) is 1. The molecule has 0 aliphatic carbocycles. The van der Waals surface area contributed by atoms with Crippen molar-refractivity contribution in [2.24, 2.45) is 5.41 Å². The van der Waals surface area contributed by atoms with E-state index in [9.17, 15) is 13.2 Å². The summed E-state index contributed by atoms with van der Waals surface area (Å²) >= 11 is 0. The van der Waals surface area contributed by atoms with Gasteiger partial charge in [0.2, 0.25) is 0 Å². The molecule has 23 heavy (non-hydrogen) atoms. The Balaban J connectivity index is 2.78. The van der Waals surface area contributed by atoms with Crippen LogP contribution in [-0.2, 0) is 6.42 Å². The molecule has 0 spiro atoms. The average Bonchev–Trinajstić information content (AvgIpc) is 2.52. The Morgan fingerprint density at radius 3 is 2.22 bits per heavy atom. The number of rotatable bonds is 6. The molecular formula is C15H13F3N4O. The molecule has 0 unspecified atom stereocenters. The van der Waals surface area contributed by atoms with Crippen LogP contribution in [0.3, 0.4) is 0 Å². The van der Waals surface area contributed by atoms with Crippen molar-refractivity contribution in [3.63, 3.8) is 0 Å². The maximum absolute atomic E-state index is 12.3. The van der Waals surface area contributed by atoms with Gasteiger partial charge in [-0.2, -0.15) is 23.7 Å². The summed E-state index contributed by atoms with van der Waals surface area (Å²) in [7, 11) is 0. The standard InChI is InChI=1S/C15H13F3N4O/c1-2-3-6-23-13-21-8-12(9-22-13)7-14(10-19,11-20)4-5-15(16,17)18/h8-9H,4-7H2,1H3. The molecule has 5 nitrogen and oxygen atoms in total. The average molecular weight is 322 g/mol. The first-order valence-corrected chi connectivity index (χ1v) is 6.57. The summed E-state index contributed by atoms with van der Waals surface area (Å²) in [5, 5.41) is 18.2. The maximum atomic E-state index is 12.3. The van der Waals surface area contributed by atoms with Crippen LogP contribution >= 0.6 is 0 Å². The highest BCUT2D eigenvalue weighted by molar-refractivity contribution is 5.21. The topological polar surface area (TPSA) is 82.6 Å². The highest BCUT2D eigenvalue weighted by Gasteiger charge is 2.37. The SMILES string of the molecule is CC#CCOc1ncc(CC(C#N)(C#N)CCC(F)(F)F)cn1. The molecule has 0 fully saturated rings. The molecule has 1 rings (SSSR count). The van der Waals surface area contributed by atoms with Crippen LogP contribution in [0.25, 0.3) is 0 Å². The Morgan fingerprint density at radius 1 is 1.13 bits per heavy atom. The van der Waals surface area contributed by atoms with Gasteiger partial charge < -0.3 is 4.74 Å². The highest BCUT2D eigenvalue weighted by Crippen LogP contribution is 2.32. The number of aromatic nitrogens is 2. The van der Waals surface area contributed by atoms with Crippen LogP contribution in [0.1, 0.15) is 25.3 Å². The first-order valence-electron chi connectivity index (χ1n) is 6.57. The lowest BCUT2D eigenvalue weighted by Crippen LogP contribution is -2.23. The van der Waals surface area contributed by atoms with E-state index in [2.05, 4.69) is 21.8 Å². The van der Waals surface area contributed by atoms with E-state index in [1.54, 1.807) is 19.1 Å². The lowest BCUT2D eigenvalue weighted by molar-refractivity contribution is -0.138. The normalized spacial score (nSPS) is 10.9. The Labute approximate surface area is 131 Å². The van der Waals surface area contributed by atoms with Crippen molar-refractivity contribution in [1.82, 2.24) is 9.97 Å². The number of halogens is 3. The van der Waals surface area contributed by atoms with Gasteiger partial charge in [0.05, 0.1) is 12.1 Å². The molecule has 0 aliphatic rings. The van der Waals surface area contributed by atoms with E-state index >= 15 is 0 Å². The van der Waals surface area contributed by atoms with Crippen LogP contribution in [0.4, 0.5) is 13.2 Å². The molecular weight excluding hydrogens is 309 g/mol. The van der Waals surface area contributed by atoms with Crippen LogP contribution in [-0.4, -0.2) is 22.8 Å². The van der Waals surface area contributed by atoms with Crippen molar-refractivity contribution < 1.29 is 17.9 Å². The van der Waals surface area contributed by atoms with E-state index in [0.29, 0.717) is 5.56 Å². The van der Waals surface area contributed by atoms with Crippen molar-refractivity contribution in [3.05, 3.63) is 18.0 Å². The minimum absolute atomic E-state index is 0.0614. The molecule has 1 aromatic heterocycles. The van der Waals surface area contributed by atoms with Gasteiger partial charge >= 0.3 is 12.2 Å². The van der Waals surface area contributed by atoms with Gasteiger partial charge in [-0.1, -0.05) is 5.92 Å². The quantitative estimate of drug-likeness (QED) is 0.752. The lowest BCUT2D eigenvalue weighted by Gasteiger charge is -2.19. The molecule has 0 saturated heterocycles. The summed E-state index contributed by atoms with van der Waals surface area (Å²) in [6.07, 6.45) is -3.78. The van der Waals surface area contributed by atoms with Crippen molar-refractivity contribution >= 4 is 0 Å². The summed E-state index contributed by atoms with van der Waals surface area (Å²) < 4.78 is 42.1. The molecule has 0 atom stereocenters. The van der Waals surface area contributed by atoms with Gasteiger partial charge in [0.1, 0.15) is 5.41 Å². The molecule has 8 heteroatoms. The second kappa shape index (κ2) is 8.00. The molecule has 0 saturated carbocycles. The fraction of sp³-hybridized carbons (Fsp3) is 0.467. The van der Waals surface area contributed by atoms with Gasteiger partial charge in [-0.05, 0) is 18.9 Å². The first-order chi connectivity index (χ1) is 10.8. The van der Waals surface area contributed by atoms with E-state index in [1.807, 2.05) is 0 Å². The molecule has 0 aromatic carbocycles. The van der Waals surface area contributed by atoms with Crippen molar-refractivity contribution in [2.75, 3.05) is 6.61 Å². The van der Waals surface area contributed by atoms with Gasteiger partial charge in [0.15, 0.2) is 6.61 Å². The number of hydrogen-bond donors (Lipinski definition) is 0. The van der Waals surface area contributed by atoms with Crippen LogP contribution in [0.15, 0.2) is 12.4 Å². The van der Waals surface area contributed by atoms with E-state index < -0.39 is 24.4 Å². The molecule has 0 amide bonds. The van der Waals surface area contributed by atoms with Crippen molar-refractivity contribution in [1.29, 1.82) is 10.5 Å². The predicted octanol–water partition coefficient (Wildman–Crippen LogP) is 2.80. The first kappa shape index (κ1) is 18.3. The smallest absolute Gasteiger partial charge is 0.389 e. The molecule has 1 aromatic rings. The number of nitrogens with zero attached hydrogens (tertiary/aromatic N) is 4. The summed E-state index contributed by atoms with van der Waals surface area (Å²) in [5.74, 6) is 5.28. The maximum Gasteiger partial charge on any atom is 0.389 e. The zero-order chi connectivity index (χ0) is 17.3. The number of alkyl halides is 3. The third kappa shape index (κ3) is 6.23. The van der Waals surface area contributed by atoms with Crippen molar-refractivity contribution in [2.45, 2.75) is 32.4 Å². The van der Waals surface area contributed by atoms with Gasteiger partial charge in [0.25, 0.3) is 0 Å². The number of hydrogen-bond acceptors (Lipinski definition) is 5. The van der Waals surface area contributed by atoms with Gasteiger partial charge in [-0.15, -0.1) is 5.92 Å². The number of nitriles is 2. The largest absolute Gasteiger partial charge is 0.450 e. The van der Waals surface area contributed by atoms with E-state index in [-0.39, 0.29) is 19.0 Å². The van der Waals surface area contributed by atoms with Crippen LogP contribution in [0.5, 0.6) is 6.01 Å². The van der Waals surface area contributed by atoms with Gasteiger partial charge in [-0.25, -0.2) is 9.97 Å². The lowest BCUT2D eigenvalue weighted by atomic mass is 9.81. The second-order valence-electron chi connectivity index (χ2n) is 4.69. The van der Waals surface area contributed by atoms with Crippen LogP contribution < -0.4 is 4.74 Å². The molecule has 0 radical (unpaired) electrons. The molecule has 0 aliphatic heterocycles. The minimum atomic E-state index is -4.42. The fourth-order valence-corrected chi connectivity index (χ4v) is 1.69. The molecule has 1 heterocycles. The summed E-state index contributed by atoms with van der Waals surface area (Å²) in [5.41, 5.74) is -1.39. The predicted molar refractivity (Wildman–Crippen MR) is 73.6 cm³/mol. The monoisotopic (exact) mass is 322 g/mol. The molecule has 0 N–H and O–H groups in total. The minimum Gasteiger partial charge on any atom is -0.450 e. The third-order valence-corrected chi connectivity index (χ3v) is 2.90. The Bertz CT molecular complexity index is 646. The zero-order valence-corrected chi connectivity index (χ0v) is 12.3.